The molecule has 1 aromatic carbocycles. The number of rotatable bonds is 1. The molecule has 1 N–H and O–H groups in total. The van der Waals surface area contributed by atoms with Gasteiger partial charge in [-0.2, -0.15) is 0 Å². The number of benzene rings is 1. The molecule has 0 spiro atoms. The molecule has 0 aliphatic carbocycles. The smallest absolute Gasteiger partial charge is 0.149 e. The minimum absolute atomic E-state index is 0.0151. The molecule has 0 saturated heterocycles. The molecule has 2 rings (SSSR count). The summed E-state index contributed by atoms with van der Waals surface area (Å²) >= 11 is 11.0. The van der Waals surface area contributed by atoms with E-state index in [-0.39, 0.29) is 6.10 Å². The highest BCUT2D eigenvalue weighted by molar-refractivity contribution is 7.80. The molecule has 14 heavy (non-hydrogen) atoms. The molecule has 0 bridgehead atoms. The van der Waals surface area contributed by atoms with Crippen molar-refractivity contribution >= 4 is 34.5 Å². The van der Waals surface area contributed by atoms with Gasteiger partial charge in [0.2, 0.25) is 0 Å². The Balaban J connectivity index is 2.35. The Morgan fingerprint density at radius 1 is 1.57 bits per heavy atom. The lowest BCUT2D eigenvalue weighted by atomic mass is 10.2. The molecule has 4 heteroatoms. The number of hydrogen-bond acceptors (Lipinski definition) is 2. The molecule has 1 aliphatic heterocycles. The van der Waals surface area contributed by atoms with Crippen LogP contribution in [0.2, 0.25) is 5.02 Å². The first-order chi connectivity index (χ1) is 6.70. The zero-order valence-corrected chi connectivity index (χ0v) is 9.28. The molecule has 2 nitrogen and oxygen atoms in total. The van der Waals surface area contributed by atoms with Crippen molar-refractivity contribution in [2.75, 3.05) is 5.32 Å². The maximum absolute atomic E-state index is 5.86. The summed E-state index contributed by atoms with van der Waals surface area (Å²) in [7, 11) is 0. The summed E-state index contributed by atoms with van der Waals surface area (Å²) in [4.78, 5) is 0.724. The van der Waals surface area contributed by atoms with Gasteiger partial charge in [-0.25, -0.2) is 0 Å². The summed E-state index contributed by atoms with van der Waals surface area (Å²) in [5.41, 5.74) is 0.854. The number of ether oxygens (including phenoxy) is 1. The van der Waals surface area contributed by atoms with E-state index in [0.29, 0.717) is 5.02 Å². The summed E-state index contributed by atoms with van der Waals surface area (Å²) in [5, 5.41) is 3.80. The van der Waals surface area contributed by atoms with Gasteiger partial charge in [0.05, 0.1) is 5.69 Å². The Labute approximate surface area is 93.2 Å². The fraction of sp³-hybridized carbons (Fsp3) is 0.300. The van der Waals surface area contributed by atoms with E-state index in [1.54, 1.807) is 0 Å². The van der Waals surface area contributed by atoms with E-state index >= 15 is 0 Å². The first-order valence-corrected chi connectivity index (χ1v) is 5.26. The maximum atomic E-state index is 5.86. The number of halogens is 1. The van der Waals surface area contributed by atoms with E-state index in [1.807, 2.05) is 25.1 Å². The van der Waals surface area contributed by atoms with Gasteiger partial charge in [-0.1, -0.05) is 30.7 Å². The normalized spacial score (nSPS) is 19.6. The number of thiocarbonyl (C=S) groups is 1. The molecule has 74 valence electrons. The Bertz CT molecular complexity index is 380. The Morgan fingerprint density at radius 3 is 3.07 bits per heavy atom. The number of fused-ring (bicyclic) bond motifs is 1. The van der Waals surface area contributed by atoms with Gasteiger partial charge >= 0.3 is 0 Å². The van der Waals surface area contributed by atoms with Crippen LogP contribution in [0.5, 0.6) is 5.75 Å². The predicted octanol–water partition coefficient (Wildman–Crippen LogP) is 3.25. The summed E-state index contributed by atoms with van der Waals surface area (Å²) < 4.78 is 5.69. The van der Waals surface area contributed by atoms with Gasteiger partial charge < -0.3 is 10.1 Å². The average Bonchev–Trinajstić information content (AvgIpc) is 2.16. The molecule has 1 heterocycles. The molecular weight excluding hydrogens is 218 g/mol. The first kappa shape index (κ1) is 9.74. The molecule has 1 aliphatic rings. The van der Waals surface area contributed by atoms with Gasteiger partial charge in [-0.05, 0) is 24.6 Å². The van der Waals surface area contributed by atoms with Crippen LogP contribution >= 0.6 is 23.8 Å². The van der Waals surface area contributed by atoms with Crippen LogP contribution in [0.1, 0.15) is 13.3 Å². The first-order valence-electron chi connectivity index (χ1n) is 4.47. The topological polar surface area (TPSA) is 21.3 Å². The van der Waals surface area contributed by atoms with E-state index < -0.39 is 0 Å². The van der Waals surface area contributed by atoms with Crippen molar-refractivity contribution in [1.29, 1.82) is 0 Å². The second-order valence-corrected chi connectivity index (χ2v) is 4.02. The number of nitrogens with one attached hydrogen (secondary N) is 1. The molecule has 0 amide bonds. The van der Waals surface area contributed by atoms with Crippen molar-refractivity contribution in [1.82, 2.24) is 0 Å². The molecule has 0 radical (unpaired) electrons. The third-order valence-electron chi connectivity index (χ3n) is 2.13. The third-order valence-corrected chi connectivity index (χ3v) is 2.73. The third kappa shape index (κ3) is 1.70. The minimum atomic E-state index is -0.0151. The van der Waals surface area contributed by atoms with Crippen LogP contribution in [0.15, 0.2) is 18.2 Å². The van der Waals surface area contributed by atoms with E-state index in [9.17, 15) is 0 Å². The highest BCUT2D eigenvalue weighted by atomic mass is 35.5. The second-order valence-electron chi connectivity index (χ2n) is 3.14. The fourth-order valence-corrected chi connectivity index (χ4v) is 1.89. The molecule has 0 aromatic heterocycles. The van der Waals surface area contributed by atoms with E-state index in [4.69, 9.17) is 28.6 Å². The van der Waals surface area contributed by atoms with Gasteiger partial charge in [0, 0.05) is 5.02 Å². The lowest BCUT2D eigenvalue weighted by Crippen LogP contribution is -2.34. The highest BCUT2D eigenvalue weighted by Gasteiger charge is 2.22. The van der Waals surface area contributed by atoms with Gasteiger partial charge in [0.25, 0.3) is 0 Å². The molecule has 0 saturated carbocycles. The van der Waals surface area contributed by atoms with E-state index in [1.165, 1.54) is 0 Å². The zero-order chi connectivity index (χ0) is 10.1. The molecule has 0 fully saturated rings. The zero-order valence-electron chi connectivity index (χ0n) is 7.71. The molecule has 1 aromatic rings. The summed E-state index contributed by atoms with van der Waals surface area (Å²) in [6, 6.07) is 5.48. The Kier molecular flexibility index (Phi) is 2.61. The van der Waals surface area contributed by atoms with Crippen molar-refractivity contribution < 1.29 is 4.74 Å². The van der Waals surface area contributed by atoms with Crippen molar-refractivity contribution in [3.8, 4) is 5.75 Å². The average molecular weight is 228 g/mol. The van der Waals surface area contributed by atoms with E-state index in [0.717, 1.165) is 22.8 Å². The quantitative estimate of drug-likeness (QED) is 0.745. The van der Waals surface area contributed by atoms with Gasteiger partial charge in [-0.15, -0.1) is 0 Å². The Morgan fingerprint density at radius 2 is 2.36 bits per heavy atom. The van der Waals surface area contributed by atoms with Crippen molar-refractivity contribution in [3.63, 3.8) is 0 Å². The minimum Gasteiger partial charge on any atom is -0.481 e. The van der Waals surface area contributed by atoms with E-state index in [2.05, 4.69) is 5.32 Å². The monoisotopic (exact) mass is 227 g/mol. The highest BCUT2D eigenvalue weighted by Crippen LogP contribution is 2.32. The van der Waals surface area contributed by atoms with Crippen molar-refractivity contribution in [3.05, 3.63) is 23.2 Å². The standard InChI is InChI=1S/C10H10ClNOS/c1-2-8-10(14)12-7-5-6(11)3-4-9(7)13-8/h3-5,8H,2H2,1H3,(H,12,14). The van der Waals surface area contributed by atoms with Crippen LogP contribution in [0, 0.1) is 0 Å². The van der Waals surface area contributed by atoms with Crippen LogP contribution in [-0.2, 0) is 0 Å². The fourth-order valence-electron chi connectivity index (χ4n) is 1.39. The van der Waals surface area contributed by atoms with Gasteiger partial charge in [-0.3, -0.25) is 0 Å². The molecule has 1 unspecified atom stereocenters. The predicted molar refractivity (Wildman–Crippen MR) is 62.4 cm³/mol. The summed E-state index contributed by atoms with van der Waals surface area (Å²) in [5.74, 6) is 0.815. The summed E-state index contributed by atoms with van der Waals surface area (Å²) in [6.07, 6.45) is 0.854. The number of hydrogen-bond donors (Lipinski definition) is 1. The summed E-state index contributed by atoms with van der Waals surface area (Å²) in [6.45, 7) is 2.04. The van der Waals surface area contributed by atoms with Crippen molar-refractivity contribution in [2.45, 2.75) is 19.4 Å². The van der Waals surface area contributed by atoms with Gasteiger partial charge in [0.1, 0.15) is 16.8 Å². The lowest BCUT2D eigenvalue weighted by Gasteiger charge is -2.27. The van der Waals surface area contributed by atoms with Crippen LogP contribution < -0.4 is 10.1 Å². The van der Waals surface area contributed by atoms with Crippen LogP contribution in [0.4, 0.5) is 5.69 Å². The second kappa shape index (κ2) is 3.75. The molecular formula is C10H10ClNOS. The SMILES string of the molecule is CCC1Oc2ccc(Cl)cc2NC1=S. The van der Waals surface area contributed by atoms with Crippen LogP contribution in [0.3, 0.4) is 0 Å². The molecule has 1 atom stereocenters. The van der Waals surface area contributed by atoms with Gasteiger partial charge in [0.15, 0.2) is 0 Å². The largest absolute Gasteiger partial charge is 0.481 e. The lowest BCUT2D eigenvalue weighted by molar-refractivity contribution is 0.261. The van der Waals surface area contributed by atoms with Crippen LogP contribution in [-0.4, -0.2) is 11.1 Å². The van der Waals surface area contributed by atoms with Crippen LogP contribution in [0.25, 0.3) is 0 Å². The number of anilines is 1. The maximum Gasteiger partial charge on any atom is 0.149 e. The Hall–Kier alpha value is -0.800. The van der Waals surface area contributed by atoms with Crippen molar-refractivity contribution in [2.24, 2.45) is 0 Å².